The van der Waals surface area contributed by atoms with Gasteiger partial charge in [0.2, 0.25) is 5.91 Å². The predicted molar refractivity (Wildman–Crippen MR) is 248 cm³/mol. The Labute approximate surface area is 435 Å². The second kappa shape index (κ2) is 29.1. The predicted octanol–water partition coefficient (Wildman–Crippen LogP) is -7.01. The van der Waals surface area contributed by atoms with Crippen LogP contribution in [0.4, 0.5) is 4.79 Å². The molecule has 4 fully saturated rings. The second-order valence-electron chi connectivity index (χ2n) is 19.0. The molecule has 32 heteroatoms. The number of nitrogens with one attached hydrogen (secondary N) is 2. The number of nitrogens with two attached hydrogens (primary N) is 1. The van der Waals surface area contributed by atoms with E-state index >= 15 is 0 Å². The van der Waals surface area contributed by atoms with Crippen LogP contribution in [0.5, 0.6) is 0 Å². The monoisotopic (exact) mass is 1120 g/mol. The number of aliphatic hydroxyl groups is 13. The Morgan fingerprint density at radius 1 is 0.684 bits per heavy atom. The number of amides is 2. The Kier molecular flexibility index (Phi) is 24.5. The van der Waals surface area contributed by atoms with Gasteiger partial charge in [-0.15, -0.1) is 0 Å². The molecule has 4 saturated heterocycles. The van der Waals surface area contributed by atoms with Crippen molar-refractivity contribution in [2.75, 3.05) is 52.7 Å². The van der Waals surface area contributed by atoms with Crippen LogP contribution in [0, 0.1) is 0 Å². The van der Waals surface area contributed by atoms with Gasteiger partial charge in [0.25, 0.3) is 0 Å². The van der Waals surface area contributed by atoms with E-state index in [0.717, 1.165) is 6.92 Å². The summed E-state index contributed by atoms with van der Waals surface area (Å²) in [6.45, 7) is -0.257. The first-order valence-corrected chi connectivity index (χ1v) is 25.7. The fourth-order valence-electron chi connectivity index (χ4n) is 8.37. The van der Waals surface area contributed by atoms with Gasteiger partial charge in [0.1, 0.15) is 115 Å². The van der Waals surface area contributed by atoms with Crippen molar-refractivity contribution in [2.45, 2.75) is 175 Å². The summed E-state index contributed by atoms with van der Waals surface area (Å²) >= 11 is 0. The van der Waals surface area contributed by atoms with Gasteiger partial charge in [0.05, 0.1) is 46.2 Å². The van der Waals surface area contributed by atoms with Crippen molar-refractivity contribution in [1.29, 1.82) is 0 Å². The molecule has 4 heterocycles. The molecule has 76 heavy (non-hydrogen) atoms. The molecule has 0 bridgehead atoms. The molecule has 4 aliphatic heterocycles. The molecule has 0 aliphatic carbocycles. The van der Waals surface area contributed by atoms with E-state index in [1.54, 1.807) is 51.1 Å². The molecule has 31 nitrogen and oxygen atoms in total. The first-order chi connectivity index (χ1) is 35.9. The number of phosphoric acid groups is 1. The standard InChI is InChI=1S/C44H74N3O28P/c1-19(52)47-25-28(56)26(54)22(15-49)67-39(25)72-37-31(59)30(58)35(24(17-51)75-76(63,66-18-20-8-6-5-7-9-20)65-13-11-46-43(62)74-44(2,3)4)70-42(37)71-36-33(61)40(64-12-10-45)69-34(21(53)14-48)38(36)73-41-32(60)29(57)27(55)23(16-50)68-41/h5-9,21-42,48-51,53-61H,10-18,45H2,1-4H3,(H,46,62)(H,47,52)/t21?,22-,23-,24+,25-,26-,27-,28-,29+,30+,31+,32-,33+,34-,35-,36-,37+,38-,39-,40+,41+,42-,76?/m1/s1. The number of benzene rings is 1. The van der Waals surface area contributed by atoms with Crippen molar-refractivity contribution in [3.63, 3.8) is 0 Å². The highest BCUT2D eigenvalue weighted by Crippen LogP contribution is 2.52. The fraction of sp³-hybridized carbons (Fsp3) is 0.818. The first-order valence-electron chi connectivity index (χ1n) is 24.2. The largest absolute Gasteiger partial charge is 0.475 e. The second-order valence-corrected chi connectivity index (χ2v) is 20.7. The molecular weight excluding hydrogens is 1050 g/mol. The van der Waals surface area contributed by atoms with Crippen LogP contribution in [0.25, 0.3) is 0 Å². The number of carbonyl (C=O) groups is 2. The number of hydrogen-bond donors (Lipinski definition) is 16. The van der Waals surface area contributed by atoms with Crippen molar-refractivity contribution < 1.29 is 137 Å². The van der Waals surface area contributed by atoms with Gasteiger partial charge < -0.3 is 125 Å². The average molecular weight is 1120 g/mol. The van der Waals surface area contributed by atoms with E-state index in [1.165, 1.54) is 0 Å². The summed E-state index contributed by atoms with van der Waals surface area (Å²) in [6, 6.07) is 6.41. The summed E-state index contributed by atoms with van der Waals surface area (Å²) < 4.78 is 84.1. The summed E-state index contributed by atoms with van der Waals surface area (Å²) in [5.41, 5.74) is 5.21. The van der Waals surface area contributed by atoms with Gasteiger partial charge in [0.15, 0.2) is 25.2 Å². The third kappa shape index (κ3) is 16.6. The van der Waals surface area contributed by atoms with Crippen LogP contribution >= 0.6 is 7.82 Å². The maximum absolute atomic E-state index is 14.6. The minimum Gasteiger partial charge on any atom is -0.444 e. The van der Waals surface area contributed by atoms with Crippen molar-refractivity contribution in [3.05, 3.63) is 35.9 Å². The van der Waals surface area contributed by atoms with Crippen LogP contribution in [0.1, 0.15) is 33.3 Å². The molecular formula is C44H74N3O28P. The fourth-order valence-corrected chi connectivity index (χ4v) is 9.70. The van der Waals surface area contributed by atoms with Crippen LogP contribution in [-0.4, -0.2) is 272 Å². The highest BCUT2D eigenvalue weighted by molar-refractivity contribution is 7.48. The summed E-state index contributed by atoms with van der Waals surface area (Å²) in [6.07, 6.45) is -43.7. The number of alkyl carbamates (subject to hydrolysis) is 1. The minimum atomic E-state index is -5.00. The highest BCUT2D eigenvalue weighted by Gasteiger charge is 2.58. The molecule has 0 saturated carbocycles. The first kappa shape index (κ1) is 64.0. The van der Waals surface area contributed by atoms with Crippen molar-refractivity contribution in [2.24, 2.45) is 5.73 Å². The van der Waals surface area contributed by atoms with Crippen molar-refractivity contribution in [3.8, 4) is 0 Å². The molecule has 5 rings (SSSR count). The average Bonchev–Trinajstić information content (AvgIpc) is 3.38. The van der Waals surface area contributed by atoms with Gasteiger partial charge in [-0.1, -0.05) is 30.3 Å². The van der Waals surface area contributed by atoms with Crippen LogP contribution in [-0.2, 0) is 72.2 Å². The lowest BCUT2D eigenvalue weighted by Gasteiger charge is -2.51. The van der Waals surface area contributed by atoms with Crippen LogP contribution in [0.15, 0.2) is 30.3 Å². The molecule has 438 valence electrons. The number of carbonyl (C=O) groups excluding carboxylic acids is 2. The molecule has 2 amide bonds. The molecule has 23 atom stereocenters. The topological polar surface area (TPSA) is 475 Å². The van der Waals surface area contributed by atoms with Crippen LogP contribution in [0.2, 0.25) is 0 Å². The molecule has 17 N–H and O–H groups in total. The number of hydrogen-bond acceptors (Lipinski definition) is 29. The zero-order chi connectivity index (χ0) is 56.2. The molecule has 0 spiro atoms. The molecule has 0 aromatic heterocycles. The number of ether oxygens (including phenoxy) is 9. The summed E-state index contributed by atoms with van der Waals surface area (Å²) in [5.74, 6) is -0.815. The van der Waals surface area contributed by atoms with Crippen LogP contribution in [0.3, 0.4) is 0 Å². The number of aliphatic hydroxyl groups excluding tert-OH is 13. The van der Waals surface area contributed by atoms with E-state index in [9.17, 15) is 80.5 Å². The van der Waals surface area contributed by atoms with E-state index in [0.29, 0.717) is 5.56 Å². The van der Waals surface area contributed by atoms with Gasteiger partial charge in [0, 0.05) is 20.0 Å². The maximum atomic E-state index is 14.6. The Hall–Kier alpha value is -2.81. The molecule has 0 radical (unpaired) electrons. The third-order valence-electron chi connectivity index (χ3n) is 12.1. The Morgan fingerprint density at radius 3 is 1.88 bits per heavy atom. The number of phosphoric ester groups is 1. The number of rotatable bonds is 25. The zero-order valence-corrected chi connectivity index (χ0v) is 42.8. The molecule has 4 aliphatic rings. The molecule has 1 aromatic carbocycles. The Balaban J connectivity index is 1.58. The van der Waals surface area contributed by atoms with Gasteiger partial charge in [-0.3, -0.25) is 18.4 Å². The van der Waals surface area contributed by atoms with E-state index in [-0.39, 0.29) is 19.7 Å². The lowest BCUT2D eigenvalue weighted by Crippen LogP contribution is -2.70. The SMILES string of the molecule is CC(=O)N[C@H]1[C@@H](O[C@@H]2[C@@H](O[C@@H]3[C@H](O)[C@@H](OCCN)O[C@H](C(O)CO)[C@H]3O[C@@H]3O[C@H](CO)[C@@H](O)[C@H](O)[C@H]3O)O[C@H]([C@H](CO)OP(=O)(OCCNC(=O)OC(C)(C)C)OCc3ccccc3)[C@@H](O)[C@@H]2O)O[C@H](CO)[C@@H](O)[C@@H]1O. The van der Waals surface area contributed by atoms with E-state index in [1.807, 2.05) is 0 Å². The summed E-state index contributed by atoms with van der Waals surface area (Å²) in [4.78, 5) is 24.8. The van der Waals surface area contributed by atoms with E-state index in [2.05, 4.69) is 10.6 Å². The maximum Gasteiger partial charge on any atom is 0.475 e. The van der Waals surface area contributed by atoms with Gasteiger partial charge in [-0.2, -0.15) is 0 Å². The molecule has 1 aromatic rings. The van der Waals surface area contributed by atoms with E-state index < -0.39 is 200 Å². The summed E-state index contributed by atoms with van der Waals surface area (Å²) in [5, 5.41) is 147. The molecule has 2 unspecified atom stereocenters. The zero-order valence-electron chi connectivity index (χ0n) is 41.9. The highest BCUT2D eigenvalue weighted by atomic mass is 31.2. The lowest BCUT2D eigenvalue weighted by molar-refractivity contribution is -0.403. The van der Waals surface area contributed by atoms with Crippen molar-refractivity contribution >= 4 is 19.8 Å². The van der Waals surface area contributed by atoms with Gasteiger partial charge in [-0.25, -0.2) is 9.36 Å². The minimum absolute atomic E-state index is 0.179. The van der Waals surface area contributed by atoms with Crippen LogP contribution < -0.4 is 16.4 Å². The Bertz CT molecular complexity index is 1960. The summed E-state index contributed by atoms with van der Waals surface area (Å²) in [7, 11) is -5.00. The van der Waals surface area contributed by atoms with Gasteiger partial charge >= 0.3 is 13.9 Å². The quantitative estimate of drug-likeness (QED) is 0.0320. The van der Waals surface area contributed by atoms with Gasteiger partial charge in [-0.05, 0) is 26.3 Å². The smallest absolute Gasteiger partial charge is 0.444 e. The van der Waals surface area contributed by atoms with Crippen molar-refractivity contribution in [1.82, 2.24) is 10.6 Å². The third-order valence-corrected chi connectivity index (χ3v) is 13.6. The Morgan fingerprint density at radius 2 is 1.29 bits per heavy atom. The lowest BCUT2D eigenvalue weighted by atomic mass is 9.92. The van der Waals surface area contributed by atoms with E-state index in [4.69, 9.17) is 61.9 Å². The normalized spacial score (nSPS) is 37.9.